The summed E-state index contributed by atoms with van der Waals surface area (Å²) in [4.78, 5) is 27.5. The molecule has 9 nitrogen and oxygen atoms in total. The van der Waals surface area contributed by atoms with Crippen LogP contribution in [-0.2, 0) is 9.59 Å². The predicted molar refractivity (Wildman–Crippen MR) is 79.5 cm³/mol. The second-order valence-electron chi connectivity index (χ2n) is 4.67. The molecule has 9 heteroatoms. The molecule has 0 atom stereocenters. The Morgan fingerprint density at radius 1 is 1.39 bits per heavy atom. The number of nitrogens with one attached hydrogen (secondary N) is 2. The molecule has 0 radical (unpaired) electrons. The van der Waals surface area contributed by atoms with Crippen LogP contribution in [0.2, 0.25) is 0 Å². The Morgan fingerprint density at radius 3 is 2.91 bits per heavy atom. The summed E-state index contributed by atoms with van der Waals surface area (Å²) >= 11 is 0. The van der Waals surface area contributed by atoms with E-state index in [2.05, 4.69) is 25.9 Å². The van der Waals surface area contributed by atoms with Gasteiger partial charge in [-0.3, -0.25) is 9.59 Å². The molecule has 3 rings (SSSR count). The number of carbonyl (C=O) groups excluding carboxylic acids is 2. The summed E-state index contributed by atoms with van der Waals surface area (Å²) in [6.45, 7) is 0. The predicted octanol–water partition coefficient (Wildman–Crippen LogP) is 0.343. The second-order valence-corrected chi connectivity index (χ2v) is 4.67. The van der Waals surface area contributed by atoms with Crippen molar-refractivity contribution < 1.29 is 9.59 Å². The number of anilines is 1. The molecule has 2 aromatic rings. The number of rotatable bonds is 3. The molecule has 0 spiro atoms. The molecule has 0 bridgehead atoms. The summed E-state index contributed by atoms with van der Waals surface area (Å²) in [5, 5.41) is 19.6. The van der Waals surface area contributed by atoms with Gasteiger partial charge in [-0.05, 0) is 12.1 Å². The highest BCUT2D eigenvalue weighted by Crippen LogP contribution is 2.18. The van der Waals surface area contributed by atoms with E-state index in [1.165, 1.54) is 10.9 Å². The number of nitrogens with zero attached hydrogens (tertiary/aromatic N) is 5. The van der Waals surface area contributed by atoms with Crippen LogP contribution in [0.1, 0.15) is 18.4 Å². The molecule has 0 unspecified atom stereocenters. The van der Waals surface area contributed by atoms with E-state index in [4.69, 9.17) is 0 Å². The summed E-state index contributed by atoms with van der Waals surface area (Å²) < 4.78 is 1.36. The van der Waals surface area contributed by atoms with Crippen molar-refractivity contribution in [1.82, 2.24) is 20.2 Å². The molecule has 3 heterocycles. The molecule has 0 aliphatic carbocycles. The minimum absolute atomic E-state index is 0.183. The third-order valence-corrected chi connectivity index (χ3v) is 3.15. The van der Waals surface area contributed by atoms with Gasteiger partial charge in [-0.15, -0.1) is 0 Å². The van der Waals surface area contributed by atoms with Gasteiger partial charge < -0.3 is 5.32 Å². The molecule has 2 N–H and O–H groups in total. The smallest absolute Gasteiger partial charge is 0.273 e. The van der Waals surface area contributed by atoms with E-state index < -0.39 is 5.91 Å². The summed E-state index contributed by atoms with van der Waals surface area (Å²) in [7, 11) is 0. The molecule has 1 aliphatic heterocycles. The van der Waals surface area contributed by atoms with Crippen molar-refractivity contribution in [3.05, 3.63) is 36.2 Å². The average Bonchev–Trinajstić information content (AvgIpc) is 2.99. The zero-order valence-electron chi connectivity index (χ0n) is 11.9. The lowest BCUT2D eigenvalue weighted by Gasteiger charge is -2.13. The van der Waals surface area contributed by atoms with Crippen molar-refractivity contribution >= 4 is 23.3 Å². The van der Waals surface area contributed by atoms with Gasteiger partial charge in [0.2, 0.25) is 5.91 Å². The molecule has 2 amide bonds. The third kappa shape index (κ3) is 2.91. The molecule has 0 saturated heterocycles. The maximum Gasteiger partial charge on any atom is 0.273 e. The molecule has 0 aromatic carbocycles. The first-order valence-electron chi connectivity index (χ1n) is 6.75. The Hall–Kier alpha value is -3.54. The van der Waals surface area contributed by atoms with Gasteiger partial charge in [0.15, 0.2) is 11.6 Å². The Labute approximate surface area is 130 Å². The Morgan fingerprint density at radius 2 is 2.26 bits per heavy atom. The lowest BCUT2D eigenvalue weighted by atomic mass is 10.1. The van der Waals surface area contributed by atoms with Crippen LogP contribution in [0, 0.1) is 11.3 Å². The molecule has 114 valence electrons. The van der Waals surface area contributed by atoms with Crippen LogP contribution in [0.4, 0.5) is 5.82 Å². The minimum atomic E-state index is -0.501. The van der Waals surface area contributed by atoms with Crippen molar-refractivity contribution in [2.75, 3.05) is 5.32 Å². The van der Waals surface area contributed by atoms with Crippen molar-refractivity contribution in [3.8, 4) is 11.9 Å². The maximum atomic E-state index is 12.3. The van der Waals surface area contributed by atoms with Crippen LogP contribution in [0.5, 0.6) is 0 Å². The lowest BCUT2D eigenvalue weighted by molar-refractivity contribution is -0.121. The minimum Gasteiger partial charge on any atom is -0.304 e. The number of carbonyl (C=O) groups is 2. The first-order valence-corrected chi connectivity index (χ1v) is 6.75. The Kier molecular flexibility index (Phi) is 3.80. The number of amides is 2. The first kappa shape index (κ1) is 14.4. The van der Waals surface area contributed by atoms with Crippen molar-refractivity contribution in [1.29, 1.82) is 5.26 Å². The zero-order chi connectivity index (χ0) is 16.2. The molecule has 23 heavy (non-hydrogen) atoms. The van der Waals surface area contributed by atoms with E-state index >= 15 is 0 Å². The normalized spacial score (nSPS) is 13.7. The van der Waals surface area contributed by atoms with Crippen LogP contribution >= 0.6 is 0 Å². The molecule has 1 aliphatic rings. The number of hydrazone groups is 1. The van der Waals surface area contributed by atoms with E-state index in [-0.39, 0.29) is 35.8 Å². The highest BCUT2D eigenvalue weighted by atomic mass is 16.2. The van der Waals surface area contributed by atoms with E-state index in [9.17, 15) is 14.9 Å². The SMILES string of the molecule is N#Cc1cnn(-c2ccccn2)c1NC(=O)C1=NNC(=O)CC1. The fourth-order valence-electron chi connectivity index (χ4n) is 2.02. The Bertz CT molecular complexity index is 833. The van der Waals surface area contributed by atoms with Gasteiger partial charge in [0.05, 0.1) is 6.20 Å². The molecule has 2 aromatic heterocycles. The van der Waals surface area contributed by atoms with Gasteiger partial charge in [0.1, 0.15) is 17.3 Å². The van der Waals surface area contributed by atoms with Crippen molar-refractivity contribution in [2.24, 2.45) is 5.10 Å². The highest BCUT2D eigenvalue weighted by molar-refractivity contribution is 6.43. The molecular formula is C14H11N7O2. The average molecular weight is 309 g/mol. The zero-order valence-corrected chi connectivity index (χ0v) is 11.9. The van der Waals surface area contributed by atoms with Crippen LogP contribution in [0.25, 0.3) is 5.82 Å². The summed E-state index contributed by atoms with van der Waals surface area (Å²) in [5.41, 5.74) is 2.64. The fourth-order valence-corrected chi connectivity index (χ4v) is 2.02. The number of nitriles is 1. The summed E-state index contributed by atoms with van der Waals surface area (Å²) in [6, 6.07) is 7.17. The highest BCUT2D eigenvalue weighted by Gasteiger charge is 2.22. The van der Waals surface area contributed by atoms with Crippen LogP contribution in [-0.4, -0.2) is 32.3 Å². The van der Waals surface area contributed by atoms with Gasteiger partial charge in [0, 0.05) is 19.0 Å². The summed E-state index contributed by atoms with van der Waals surface area (Å²) in [5.74, 6) is -0.0732. The lowest BCUT2D eigenvalue weighted by Crippen LogP contribution is -2.33. The van der Waals surface area contributed by atoms with Gasteiger partial charge >= 0.3 is 0 Å². The van der Waals surface area contributed by atoms with E-state index in [0.717, 1.165) is 0 Å². The van der Waals surface area contributed by atoms with Gasteiger partial charge in [-0.25, -0.2) is 10.4 Å². The van der Waals surface area contributed by atoms with Crippen molar-refractivity contribution in [2.45, 2.75) is 12.8 Å². The maximum absolute atomic E-state index is 12.3. The molecule has 0 saturated carbocycles. The largest absolute Gasteiger partial charge is 0.304 e. The van der Waals surface area contributed by atoms with Crippen molar-refractivity contribution in [3.63, 3.8) is 0 Å². The fraction of sp³-hybridized carbons (Fsp3) is 0.143. The number of aromatic nitrogens is 3. The van der Waals surface area contributed by atoms with E-state index in [1.807, 2.05) is 6.07 Å². The molecule has 0 fully saturated rings. The van der Waals surface area contributed by atoms with Gasteiger partial charge in [-0.2, -0.15) is 20.1 Å². The van der Waals surface area contributed by atoms with E-state index in [0.29, 0.717) is 5.82 Å². The monoisotopic (exact) mass is 309 g/mol. The molecular weight excluding hydrogens is 298 g/mol. The van der Waals surface area contributed by atoms with Crippen LogP contribution in [0.15, 0.2) is 35.7 Å². The first-order chi connectivity index (χ1) is 11.2. The Balaban J connectivity index is 1.91. The number of pyridine rings is 1. The van der Waals surface area contributed by atoms with Gasteiger partial charge in [-0.1, -0.05) is 6.07 Å². The second kappa shape index (κ2) is 6.07. The van der Waals surface area contributed by atoms with Crippen LogP contribution < -0.4 is 10.7 Å². The van der Waals surface area contributed by atoms with Crippen LogP contribution in [0.3, 0.4) is 0 Å². The summed E-state index contributed by atoms with van der Waals surface area (Å²) in [6.07, 6.45) is 3.35. The number of hydrogen-bond donors (Lipinski definition) is 2. The number of hydrogen-bond acceptors (Lipinski definition) is 6. The third-order valence-electron chi connectivity index (χ3n) is 3.15. The quantitative estimate of drug-likeness (QED) is 0.846. The standard InChI is InChI=1S/C14H11N7O2/c15-7-9-8-17-21(11-3-1-2-6-16-11)13(9)18-14(23)10-4-5-12(22)20-19-10/h1-3,6,8H,4-5H2,(H,18,23)(H,20,22). The topological polar surface area (TPSA) is 125 Å². The van der Waals surface area contributed by atoms with E-state index in [1.54, 1.807) is 24.4 Å². The van der Waals surface area contributed by atoms with Gasteiger partial charge in [0.25, 0.3) is 5.91 Å².